The number of esters is 2. The summed E-state index contributed by atoms with van der Waals surface area (Å²) in [6, 6.07) is 0. The number of aliphatic hydroxyl groups is 1. The topological polar surface area (TPSA) is 72.8 Å². The molecular weight excluding hydrogens is 681 g/mol. The van der Waals surface area contributed by atoms with Crippen LogP contribution >= 0.6 is 0 Å². The van der Waals surface area contributed by atoms with Crippen molar-refractivity contribution in [3.8, 4) is 0 Å². The molecule has 0 aliphatic heterocycles. The minimum atomic E-state index is -0.763. The van der Waals surface area contributed by atoms with Crippen molar-refractivity contribution < 1.29 is 24.2 Å². The van der Waals surface area contributed by atoms with E-state index in [1.165, 1.54) is 231 Å². The Labute approximate surface area is 344 Å². The maximum absolute atomic E-state index is 12.3. The summed E-state index contributed by atoms with van der Waals surface area (Å²) in [6.07, 6.45) is 54.9. The molecule has 1 unspecified atom stereocenters. The number of rotatable bonds is 47. The summed E-state index contributed by atoms with van der Waals surface area (Å²) in [5.74, 6) is -0.568. The van der Waals surface area contributed by atoms with Crippen molar-refractivity contribution in [2.45, 2.75) is 296 Å². The summed E-state index contributed by atoms with van der Waals surface area (Å²) in [5, 5.41) is 9.61. The minimum absolute atomic E-state index is 0.0561. The van der Waals surface area contributed by atoms with Gasteiger partial charge >= 0.3 is 11.9 Å². The zero-order chi connectivity index (χ0) is 40.0. The predicted octanol–water partition coefficient (Wildman–Crippen LogP) is 16.2. The van der Waals surface area contributed by atoms with E-state index in [9.17, 15) is 14.7 Å². The van der Waals surface area contributed by atoms with E-state index in [0.717, 1.165) is 32.1 Å². The Kier molecular flexibility index (Phi) is 46.3. The molecule has 55 heavy (non-hydrogen) atoms. The first kappa shape index (κ1) is 53.9. The predicted molar refractivity (Wildman–Crippen MR) is 238 cm³/mol. The SMILES string of the molecule is CCCCCCCCCCCCCCCCCCCCCCCCCCCC(=O)OC(CO)COC(=O)CCCCCCCCCCCCCCCCCC. The van der Waals surface area contributed by atoms with Crippen molar-refractivity contribution in [2.75, 3.05) is 13.2 Å². The normalized spacial score (nSPS) is 12.0. The highest BCUT2D eigenvalue weighted by Gasteiger charge is 2.16. The Bertz CT molecular complexity index is 754. The smallest absolute Gasteiger partial charge is 0.306 e. The van der Waals surface area contributed by atoms with Crippen LogP contribution in [0.15, 0.2) is 0 Å². The fraction of sp³-hybridized carbons (Fsp3) is 0.960. The lowest BCUT2D eigenvalue weighted by Gasteiger charge is -2.15. The van der Waals surface area contributed by atoms with Gasteiger partial charge in [0.15, 0.2) is 6.10 Å². The van der Waals surface area contributed by atoms with Gasteiger partial charge in [0.25, 0.3) is 0 Å². The zero-order valence-corrected chi connectivity index (χ0v) is 37.5. The van der Waals surface area contributed by atoms with Crippen LogP contribution in [0.1, 0.15) is 290 Å². The summed E-state index contributed by atoms with van der Waals surface area (Å²) in [4.78, 5) is 24.4. The van der Waals surface area contributed by atoms with Gasteiger partial charge in [0.1, 0.15) is 6.61 Å². The van der Waals surface area contributed by atoms with Gasteiger partial charge in [-0.05, 0) is 12.8 Å². The molecule has 0 aromatic heterocycles. The van der Waals surface area contributed by atoms with E-state index in [1.54, 1.807) is 0 Å². The number of ether oxygens (including phenoxy) is 2. The number of carbonyl (C=O) groups excluding carboxylic acids is 2. The molecule has 0 spiro atoms. The second kappa shape index (κ2) is 47.3. The molecule has 328 valence electrons. The Morgan fingerprint density at radius 1 is 0.345 bits per heavy atom. The van der Waals surface area contributed by atoms with Crippen LogP contribution in [0.25, 0.3) is 0 Å². The molecule has 0 heterocycles. The molecule has 0 saturated carbocycles. The van der Waals surface area contributed by atoms with Crippen LogP contribution in [0.2, 0.25) is 0 Å². The number of aliphatic hydroxyl groups excluding tert-OH is 1. The van der Waals surface area contributed by atoms with Crippen LogP contribution in [0.3, 0.4) is 0 Å². The first-order valence-corrected chi connectivity index (χ1v) is 25.1. The maximum atomic E-state index is 12.3. The Morgan fingerprint density at radius 3 is 0.800 bits per heavy atom. The van der Waals surface area contributed by atoms with Gasteiger partial charge in [-0.25, -0.2) is 0 Å². The van der Waals surface area contributed by atoms with E-state index < -0.39 is 6.10 Å². The third-order valence-corrected chi connectivity index (χ3v) is 11.7. The lowest BCUT2D eigenvalue weighted by molar-refractivity contribution is -0.161. The molecule has 5 heteroatoms. The summed E-state index contributed by atoms with van der Waals surface area (Å²) < 4.78 is 10.7. The molecular formula is C50H98O5. The second-order valence-electron chi connectivity index (χ2n) is 17.3. The summed E-state index contributed by atoms with van der Waals surface area (Å²) in [6.45, 7) is 4.19. The fourth-order valence-corrected chi connectivity index (χ4v) is 7.85. The molecule has 1 atom stereocenters. The first-order valence-electron chi connectivity index (χ1n) is 25.1. The van der Waals surface area contributed by atoms with Crippen molar-refractivity contribution in [1.82, 2.24) is 0 Å². The first-order chi connectivity index (χ1) is 27.1. The van der Waals surface area contributed by atoms with E-state index in [-0.39, 0.29) is 25.2 Å². The molecule has 5 nitrogen and oxygen atoms in total. The molecule has 0 rings (SSSR count). The fourth-order valence-electron chi connectivity index (χ4n) is 7.85. The average Bonchev–Trinajstić information content (AvgIpc) is 3.19. The van der Waals surface area contributed by atoms with Crippen molar-refractivity contribution in [1.29, 1.82) is 0 Å². The van der Waals surface area contributed by atoms with Gasteiger partial charge in [-0.15, -0.1) is 0 Å². The lowest BCUT2D eigenvalue weighted by atomic mass is 10.0. The van der Waals surface area contributed by atoms with Crippen LogP contribution in [0.5, 0.6) is 0 Å². The molecule has 0 aromatic carbocycles. The molecule has 0 saturated heterocycles. The van der Waals surface area contributed by atoms with Gasteiger partial charge in [0.05, 0.1) is 6.61 Å². The van der Waals surface area contributed by atoms with Crippen molar-refractivity contribution in [3.63, 3.8) is 0 Å². The van der Waals surface area contributed by atoms with Gasteiger partial charge < -0.3 is 14.6 Å². The standard InChI is InChI=1S/C50H98O5/c1-3-5-7-9-11-13-15-17-19-21-22-23-24-25-26-27-28-29-31-33-35-37-39-41-43-45-50(53)55-48(46-51)47-54-49(52)44-42-40-38-36-34-32-30-20-18-16-14-12-10-8-6-4-2/h48,51H,3-47H2,1-2H3. The largest absolute Gasteiger partial charge is 0.462 e. The number of unbranched alkanes of at least 4 members (excludes halogenated alkanes) is 39. The highest BCUT2D eigenvalue weighted by molar-refractivity contribution is 5.70. The number of hydrogen-bond acceptors (Lipinski definition) is 5. The van der Waals surface area contributed by atoms with Crippen LogP contribution in [-0.2, 0) is 19.1 Å². The molecule has 0 aromatic rings. The average molecular weight is 779 g/mol. The molecule has 0 aliphatic carbocycles. The van der Waals surface area contributed by atoms with Crippen LogP contribution in [0.4, 0.5) is 0 Å². The quantitative estimate of drug-likeness (QED) is 0.0492. The monoisotopic (exact) mass is 779 g/mol. The highest BCUT2D eigenvalue weighted by atomic mass is 16.6. The zero-order valence-electron chi connectivity index (χ0n) is 37.5. The van der Waals surface area contributed by atoms with Crippen LogP contribution < -0.4 is 0 Å². The van der Waals surface area contributed by atoms with Gasteiger partial charge in [0.2, 0.25) is 0 Å². The van der Waals surface area contributed by atoms with Gasteiger partial charge in [-0.3, -0.25) is 9.59 Å². The Balaban J connectivity index is 3.41. The Hall–Kier alpha value is -1.10. The molecule has 1 N–H and O–H groups in total. The summed E-state index contributed by atoms with van der Waals surface area (Å²) in [7, 11) is 0. The molecule has 0 bridgehead atoms. The number of hydrogen-bond donors (Lipinski definition) is 1. The van der Waals surface area contributed by atoms with Crippen molar-refractivity contribution in [3.05, 3.63) is 0 Å². The molecule has 0 aliphatic rings. The van der Waals surface area contributed by atoms with Gasteiger partial charge in [-0.1, -0.05) is 264 Å². The second-order valence-corrected chi connectivity index (χ2v) is 17.3. The third-order valence-electron chi connectivity index (χ3n) is 11.7. The maximum Gasteiger partial charge on any atom is 0.306 e. The van der Waals surface area contributed by atoms with E-state index in [0.29, 0.717) is 12.8 Å². The van der Waals surface area contributed by atoms with E-state index >= 15 is 0 Å². The molecule has 0 fully saturated rings. The molecule has 0 amide bonds. The van der Waals surface area contributed by atoms with Crippen LogP contribution in [0, 0.1) is 0 Å². The third kappa shape index (κ3) is 45.5. The van der Waals surface area contributed by atoms with E-state index in [1.807, 2.05) is 0 Å². The van der Waals surface area contributed by atoms with Gasteiger partial charge in [0, 0.05) is 12.8 Å². The highest BCUT2D eigenvalue weighted by Crippen LogP contribution is 2.17. The van der Waals surface area contributed by atoms with Crippen LogP contribution in [-0.4, -0.2) is 36.4 Å². The lowest BCUT2D eigenvalue weighted by Crippen LogP contribution is -2.28. The minimum Gasteiger partial charge on any atom is -0.462 e. The van der Waals surface area contributed by atoms with E-state index in [2.05, 4.69) is 13.8 Å². The molecule has 0 radical (unpaired) electrons. The summed E-state index contributed by atoms with van der Waals surface area (Å²) >= 11 is 0. The van der Waals surface area contributed by atoms with E-state index in [4.69, 9.17) is 9.47 Å². The van der Waals surface area contributed by atoms with Gasteiger partial charge in [-0.2, -0.15) is 0 Å². The number of carbonyl (C=O) groups is 2. The summed E-state index contributed by atoms with van der Waals surface area (Å²) in [5.41, 5.74) is 0. The Morgan fingerprint density at radius 2 is 0.564 bits per heavy atom. The van der Waals surface area contributed by atoms with Crippen molar-refractivity contribution >= 4 is 11.9 Å². The van der Waals surface area contributed by atoms with Crippen molar-refractivity contribution in [2.24, 2.45) is 0 Å².